The van der Waals surface area contributed by atoms with Gasteiger partial charge in [0.25, 0.3) is 0 Å². The second-order valence-corrected chi connectivity index (χ2v) is 5.48. The van der Waals surface area contributed by atoms with Crippen LogP contribution >= 0.6 is 0 Å². The van der Waals surface area contributed by atoms with Crippen LogP contribution in [0.2, 0.25) is 0 Å². The Kier molecular flexibility index (Phi) is 5.18. The molecule has 2 aromatic rings. The quantitative estimate of drug-likeness (QED) is 0.843. The lowest BCUT2D eigenvalue weighted by molar-refractivity contribution is 0.271. The minimum atomic E-state index is 0.544. The molecule has 0 aliphatic carbocycles. The van der Waals surface area contributed by atoms with Gasteiger partial charge in [-0.05, 0) is 23.6 Å². The molecule has 1 aromatic carbocycles. The normalized spacial score (nSPS) is 11.0. The summed E-state index contributed by atoms with van der Waals surface area (Å²) < 4.78 is 7.55. The van der Waals surface area contributed by atoms with Crippen molar-refractivity contribution >= 4 is 0 Å². The number of nitrogens with zero attached hydrogens (tertiary/aromatic N) is 2. The van der Waals surface area contributed by atoms with Crippen molar-refractivity contribution in [1.82, 2.24) is 15.1 Å². The molecule has 0 amide bonds. The second-order valence-electron chi connectivity index (χ2n) is 5.48. The number of benzene rings is 1. The van der Waals surface area contributed by atoms with Gasteiger partial charge >= 0.3 is 0 Å². The van der Waals surface area contributed by atoms with Gasteiger partial charge in [-0.15, -0.1) is 0 Å². The van der Waals surface area contributed by atoms with Gasteiger partial charge in [0.1, 0.15) is 5.75 Å². The molecule has 0 spiro atoms. The van der Waals surface area contributed by atoms with E-state index in [4.69, 9.17) is 4.74 Å². The predicted octanol–water partition coefficient (Wildman–Crippen LogP) is 2.74. The van der Waals surface area contributed by atoms with Crippen LogP contribution in [0.4, 0.5) is 0 Å². The Morgan fingerprint density at radius 1 is 1.25 bits per heavy atom. The highest BCUT2D eigenvalue weighted by molar-refractivity contribution is 5.28. The molecule has 0 atom stereocenters. The third-order valence-corrected chi connectivity index (χ3v) is 2.90. The number of ether oxygens (including phenoxy) is 1. The fourth-order valence-corrected chi connectivity index (χ4v) is 1.92. The van der Waals surface area contributed by atoms with Crippen molar-refractivity contribution in [2.24, 2.45) is 13.0 Å². The minimum absolute atomic E-state index is 0.544. The predicted molar refractivity (Wildman–Crippen MR) is 80.5 cm³/mol. The third-order valence-electron chi connectivity index (χ3n) is 2.90. The van der Waals surface area contributed by atoms with Gasteiger partial charge in [0, 0.05) is 31.9 Å². The molecule has 0 aliphatic rings. The van der Waals surface area contributed by atoms with Crippen molar-refractivity contribution in [2.75, 3.05) is 6.61 Å². The standard InChI is InChI=1S/C16H23N3O/c1-13(2)12-20-16-6-4-5-14(7-16)8-17-9-15-10-18-19(3)11-15/h4-7,10-11,13,17H,8-9,12H2,1-3H3. The van der Waals surface area contributed by atoms with Crippen LogP contribution in [0.15, 0.2) is 36.7 Å². The lowest BCUT2D eigenvalue weighted by Gasteiger charge is -2.10. The van der Waals surface area contributed by atoms with Crippen molar-refractivity contribution in [1.29, 1.82) is 0 Å². The van der Waals surface area contributed by atoms with Crippen LogP contribution < -0.4 is 10.1 Å². The van der Waals surface area contributed by atoms with E-state index in [2.05, 4.69) is 36.4 Å². The summed E-state index contributed by atoms with van der Waals surface area (Å²) in [5.74, 6) is 1.49. The summed E-state index contributed by atoms with van der Waals surface area (Å²) in [6.07, 6.45) is 3.91. The van der Waals surface area contributed by atoms with Gasteiger partial charge in [0.2, 0.25) is 0 Å². The maximum Gasteiger partial charge on any atom is 0.119 e. The molecular weight excluding hydrogens is 250 g/mol. The second kappa shape index (κ2) is 7.10. The van der Waals surface area contributed by atoms with Gasteiger partial charge in [-0.1, -0.05) is 26.0 Å². The number of aryl methyl sites for hydroxylation is 1. The molecule has 4 nitrogen and oxygen atoms in total. The van der Waals surface area contributed by atoms with Gasteiger partial charge in [-0.3, -0.25) is 4.68 Å². The third kappa shape index (κ3) is 4.70. The molecule has 1 N–H and O–H groups in total. The zero-order valence-electron chi connectivity index (χ0n) is 12.5. The van der Waals surface area contributed by atoms with Crippen molar-refractivity contribution in [3.8, 4) is 5.75 Å². The van der Waals surface area contributed by atoms with Crippen LogP contribution in [-0.4, -0.2) is 16.4 Å². The lowest BCUT2D eigenvalue weighted by Crippen LogP contribution is -2.12. The van der Waals surface area contributed by atoms with Crippen molar-refractivity contribution in [2.45, 2.75) is 26.9 Å². The van der Waals surface area contributed by atoms with Gasteiger partial charge in [-0.2, -0.15) is 5.10 Å². The zero-order chi connectivity index (χ0) is 14.4. The Bertz CT molecular complexity index is 534. The first-order valence-electron chi connectivity index (χ1n) is 7.03. The summed E-state index contributed by atoms with van der Waals surface area (Å²) in [6, 6.07) is 8.25. The maximum absolute atomic E-state index is 5.73. The fraction of sp³-hybridized carbons (Fsp3) is 0.438. The molecule has 20 heavy (non-hydrogen) atoms. The lowest BCUT2D eigenvalue weighted by atomic mass is 10.2. The Balaban J connectivity index is 1.81. The summed E-state index contributed by atoms with van der Waals surface area (Å²) in [7, 11) is 1.93. The number of nitrogens with one attached hydrogen (secondary N) is 1. The molecule has 108 valence electrons. The highest BCUT2D eigenvalue weighted by Gasteiger charge is 2.00. The summed E-state index contributed by atoms with van der Waals surface area (Å²) >= 11 is 0. The smallest absolute Gasteiger partial charge is 0.119 e. The van der Waals surface area contributed by atoms with E-state index in [1.54, 1.807) is 0 Å². The molecule has 2 rings (SSSR count). The van der Waals surface area contributed by atoms with Gasteiger partial charge < -0.3 is 10.1 Å². The molecule has 0 bridgehead atoms. The summed E-state index contributed by atoms with van der Waals surface area (Å²) in [6.45, 7) is 6.71. The van der Waals surface area contributed by atoms with Crippen LogP contribution in [0.5, 0.6) is 5.75 Å². The van der Waals surface area contributed by atoms with Crippen molar-refractivity contribution in [3.63, 3.8) is 0 Å². The van der Waals surface area contributed by atoms with E-state index in [-0.39, 0.29) is 0 Å². The molecule has 0 saturated heterocycles. The topological polar surface area (TPSA) is 39.1 Å². The SMILES string of the molecule is CC(C)COc1cccc(CNCc2cnn(C)c2)c1. The Morgan fingerprint density at radius 3 is 2.75 bits per heavy atom. The number of hydrogen-bond acceptors (Lipinski definition) is 3. The molecule has 0 fully saturated rings. The maximum atomic E-state index is 5.73. The summed E-state index contributed by atoms with van der Waals surface area (Å²) in [4.78, 5) is 0. The molecule has 0 unspecified atom stereocenters. The average Bonchev–Trinajstić information content (AvgIpc) is 2.83. The highest BCUT2D eigenvalue weighted by Crippen LogP contribution is 2.14. The first-order valence-corrected chi connectivity index (χ1v) is 7.03. The van der Waals surface area contributed by atoms with Gasteiger partial charge in [0.05, 0.1) is 12.8 Å². The largest absolute Gasteiger partial charge is 0.493 e. The molecular formula is C16H23N3O. The summed E-state index contributed by atoms with van der Waals surface area (Å²) in [5.41, 5.74) is 2.43. The van der Waals surface area contributed by atoms with E-state index in [1.807, 2.05) is 36.3 Å². The van der Waals surface area contributed by atoms with E-state index in [9.17, 15) is 0 Å². The summed E-state index contributed by atoms with van der Waals surface area (Å²) in [5, 5.41) is 7.57. The van der Waals surface area contributed by atoms with Crippen molar-refractivity contribution < 1.29 is 4.74 Å². The van der Waals surface area contributed by atoms with E-state index in [0.29, 0.717) is 5.92 Å². The fourth-order valence-electron chi connectivity index (χ4n) is 1.92. The van der Waals surface area contributed by atoms with Gasteiger partial charge in [0.15, 0.2) is 0 Å². The molecule has 0 aliphatic heterocycles. The Morgan fingerprint density at radius 2 is 2.05 bits per heavy atom. The van der Waals surface area contributed by atoms with E-state index in [1.165, 1.54) is 11.1 Å². The first kappa shape index (κ1) is 14.6. The van der Waals surface area contributed by atoms with E-state index < -0.39 is 0 Å². The number of rotatable bonds is 7. The number of aromatic nitrogens is 2. The molecule has 0 saturated carbocycles. The Hall–Kier alpha value is -1.81. The Labute approximate surface area is 120 Å². The molecule has 1 aromatic heterocycles. The van der Waals surface area contributed by atoms with Crippen LogP contribution in [0, 0.1) is 5.92 Å². The molecule has 1 heterocycles. The first-order chi connectivity index (χ1) is 9.63. The van der Waals surface area contributed by atoms with Crippen LogP contribution in [0.25, 0.3) is 0 Å². The van der Waals surface area contributed by atoms with Crippen molar-refractivity contribution in [3.05, 3.63) is 47.8 Å². The molecule has 0 radical (unpaired) electrons. The number of hydrogen-bond donors (Lipinski definition) is 1. The van der Waals surface area contributed by atoms with Gasteiger partial charge in [-0.25, -0.2) is 0 Å². The van der Waals surface area contributed by atoms with Crippen LogP contribution in [0.3, 0.4) is 0 Å². The van der Waals surface area contributed by atoms with E-state index >= 15 is 0 Å². The van der Waals surface area contributed by atoms with Crippen LogP contribution in [-0.2, 0) is 20.1 Å². The monoisotopic (exact) mass is 273 g/mol. The van der Waals surface area contributed by atoms with E-state index in [0.717, 1.165) is 25.4 Å². The van der Waals surface area contributed by atoms with Crippen LogP contribution in [0.1, 0.15) is 25.0 Å². The average molecular weight is 273 g/mol. The highest BCUT2D eigenvalue weighted by atomic mass is 16.5. The molecule has 4 heteroatoms. The minimum Gasteiger partial charge on any atom is -0.493 e. The zero-order valence-corrected chi connectivity index (χ0v) is 12.5.